The number of amides is 1. The molecule has 0 spiro atoms. The highest BCUT2D eigenvalue weighted by Crippen LogP contribution is 2.07. The van der Waals surface area contributed by atoms with Gasteiger partial charge in [0.1, 0.15) is 0 Å². The average molecular weight is 261 g/mol. The zero-order valence-corrected chi connectivity index (χ0v) is 11.4. The third kappa shape index (κ3) is 5.41. The van der Waals surface area contributed by atoms with Crippen molar-refractivity contribution < 1.29 is 4.79 Å². The van der Waals surface area contributed by atoms with E-state index in [2.05, 4.69) is 15.5 Å². The summed E-state index contributed by atoms with van der Waals surface area (Å²) in [4.78, 5) is 14.2. The van der Waals surface area contributed by atoms with Gasteiger partial charge in [-0.05, 0) is 31.5 Å². The lowest BCUT2D eigenvalue weighted by molar-refractivity contribution is -0.116. The van der Waals surface area contributed by atoms with E-state index in [1.165, 1.54) is 0 Å². The van der Waals surface area contributed by atoms with E-state index in [9.17, 15) is 4.79 Å². The topological polar surface area (TPSA) is 44.4 Å². The monoisotopic (exact) mass is 261 g/mol. The summed E-state index contributed by atoms with van der Waals surface area (Å²) in [5.41, 5.74) is 0.884. The first-order chi connectivity index (χ1) is 9.34. The number of para-hydroxylation sites is 1. The Morgan fingerprint density at radius 3 is 2.63 bits per heavy atom. The second-order valence-corrected chi connectivity index (χ2v) is 4.96. The molecule has 1 aliphatic heterocycles. The summed E-state index contributed by atoms with van der Waals surface area (Å²) in [5, 5.41) is 6.26. The molecule has 1 aromatic rings. The number of carbonyl (C=O) groups is 1. The second-order valence-electron chi connectivity index (χ2n) is 4.96. The summed E-state index contributed by atoms with van der Waals surface area (Å²) in [6, 6.07) is 9.64. The average Bonchev–Trinajstić information content (AvgIpc) is 2.46. The zero-order valence-electron chi connectivity index (χ0n) is 11.4. The Kier molecular flexibility index (Phi) is 5.85. The van der Waals surface area contributed by atoms with Crippen LogP contribution in [0.4, 0.5) is 5.69 Å². The Morgan fingerprint density at radius 2 is 1.89 bits per heavy atom. The maximum atomic E-state index is 11.7. The van der Waals surface area contributed by atoms with Gasteiger partial charge in [0.15, 0.2) is 0 Å². The van der Waals surface area contributed by atoms with E-state index >= 15 is 0 Å². The number of unbranched alkanes of at least 4 members (excludes halogenated alkanes) is 1. The normalized spacial score (nSPS) is 16.2. The van der Waals surface area contributed by atoms with Gasteiger partial charge in [-0.1, -0.05) is 18.2 Å². The molecule has 1 aliphatic rings. The predicted molar refractivity (Wildman–Crippen MR) is 78.2 cm³/mol. The fourth-order valence-electron chi connectivity index (χ4n) is 2.30. The fraction of sp³-hybridized carbons (Fsp3) is 0.533. The fourth-order valence-corrected chi connectivity index (χ4v) is 2.30. The van der Waals surface area contributed by atoms with Crippen LogP contribution in [0.2, 0.25) is 0 Å². The van der Waals surface area contributed by atoms with Crippen LogP contribution in [0.15, 0.2) is 30.3 Å². The molecule has 0 aliphatic carbocycles. The van der Waals surface area contributed by atoms with Crippen molar-refractivity contribution in [2.24, 2.45) is 0 Å². The van der Waals surface area contributed by atoms with Gasteiger partial charge in [-0.15, -0.1) is 0 Å². The predicted octanol–water partition coefficient (Wildman–Crippen LogP) is 1.70. The Bertz CT molecular complexity index is 374. The summed E-state index contributed by atoms with van der Waals surface area (Å²) in [5.74, 6) is 0.117. The highest BCUT2D eigenvalue weighted by Gasteiger charge is 2.09. The zero-order chi connectivity index (χ0) is 13.3. The molecule has 2 N–H and O–H groups in total. The molecule has 0 bridgehead atoms. The molecule has 0 saturated carbocycles. The molecule has 1 fully saturated rings. The van der Waals surface area contributed by atoms with E-state index in [0.717, 1.165) is 51.3 Å². The third-order valence-corrected chi connectivity index (χ3v) is 3.40. The van der Waals surface area contributed by atoms with Crippen LogP contribution in [0.25, 0.3) is 0 Å². The molecule has 1 aromatic carbocycles. The molecular formula is C15H23N3O. The molecule has 4 nitrogen and oxygen atoms in total. The lowest BCUT2D eigenvalue weighted by Crippen LogP contribution is -2.43. The highest BCUT2D eigenvalue weighted by atomic mass is 16.1. The molecule has 1 heterocycles. The lowest BCUT2D eigenvalue weighted by Gasteiger charge is -2.26. The van der Waals surface area contributed by atoms with E-state index in [4.69, 9.17) is 0 Å². The number of hydrogen-bond acceptors (Lipinski definition) is 3. The van der Waals surface area contributed by atoms with Crippen LogP contribution in [0.3, 0.4) is 0 Å². The van der Waals surface area contributed by atoms with Gasteiger partial charge in [-0.25, -0.2) is 0 Å². The quantitative estimate of drug-likeness (QED) is 0.766. The first-order valence-electron chi connectivity index (χ1n) is 7.12. The van der Waals surface area contributed by atoms with Crippen molar-refractivity contribution in [3.63, 3.8) is 0 Å². The molecule has 0 unspecified atom stereocenters. The van der Waals surface area contributed by atoms with E-state index in [1.54, 1.807) is 0 Å². The van der Waals surface area contributed by atoms with Crippen LogP contribution in [0.5, 0.6) is 0 Å². The Hall–Kier alpha value is -1.39. The van der Waals surface area contributed by atoms with Crippen LogP contribution >= 0.6 is 0 Å². The number of carbonyl (C=O) groups excluding carboxylic acids is 1. The third-order valence-electron chi connectivity index (χ3n) is 3.40. The molecule has 0 radical (unpaired) electrons. The number of nitrogens with one attached hydrogen (secondary N) is 2. The molecule has 104 valence electrons. The maximum Gasteiger partial charge on any atom is 0.224 e. The lowest BCUT2D eigenvalue weighted by atomic mass is 10.2. The summed E-state index contributed by atoms with van der Waals surface area (Å²) in [6.07, 6.45) is 2.67. The van der Waals surface area contributed by atoms with Crippen LogP contribution in [0.1, 0.15) is 19.3 Å². The smallest absolute Gasteiger partial charge is 0.224 e. The van der Waals surface area contributed by atoms with Crippen LogP contribution in [-0.4, -0.2) is 43.5 Å². The van der Waals surface area contributed by atoms with Gasteiger partial charge in [0.2, 0.25) is 5.91 Å². The number of hydrogen-bond donors (Lipinski definition) is 2. The number of benzene rings is 1. The Labute approximate surface area is 115 Å². The van der Waals surface area contributed by atoms with Gasteiger partial charge in [-0.3, -0.25) is 4.79 Å². The van der Waals surface area contributed by atoms with Gasteiger partial charge in [0.05, 0.1) is 0 Å². The first-order valence-corrected chi connectivity index (χ1v) is 7.12. The summed E-state index contributed by atoms with van der Waals surface area (Å²) < 4.78 is 0. The number of piperazine rings is 1. The van der Waals surface area contributed by atoms with Gasteiger partial charge < -0.3 is 15.5 Å². The van der Waals surface area contributed by atoms with Crippen molar-refractivity contribution in [2.45, 2.75) is 19.3 Å². The molecule has 1 saturated heterocycles. The number of anilines is 1. The number of rotatable bonds is 6. The SMILES string of the molecule is O=C(CCCCN1CCNCC1)Nc1ccccc1. The Balaban J connectivity index is 1.56. The molecule has 19 heavy (non-hydrogen) atoms. The van der Waals surface area contributed by atoms with Crippen molar-refractivity contribution >= 4 is 11.6 Å². The van der Waals surface area contributed by atoms with Crippen molar-refractivity contribution in [1.29, 1.82) is 0 Å². The maximum absolute atomic E-state index is 11.7. The Morgan fingerprint density at radius 1 is 1.16 bits per heavy atom. The molecule has 1 amide bonds. The molecule has 4 heteroatoms. The van der Waals surface area contributed by atoms with Gasteiger partial charge in [0, 0.05) is 38.3 Å². The van der Waals surface area contributed by atoms with E-state index in [-0.39, 0.29) is 5.91 Å². The van der Waals surface area contributed by atoms with Crippen LogP contribution in [-0.2, 0) is 4.79 Å². The largest absolute Gasteiger partial charge is 0.326 e. The highest BCUT2D eigenvalue weighted by molar-refractivity contribution is 5.90. The first kappa shape index (κ1) is 14.0. The van der Waals surface area contributed by atoms with Gasteiger partial charge in [0.25, 0.3) is 0 Å². The van der Waals surface area contributed by atoms with Crippen molar-refractivity contribution in [3.8, 4) is 0 Å². The van der Waals surface area contributed by atoms with E-state index in [0.29, 0.717) is 6.42 Å². The standard InChI is InChI=1S/C15H23N3O/c19-15(17-14-6-2-1-3-7-14)8-4-5-11-18-12-9-16-10-13-18/h1-3,6-7,16H,4-5,8-13H2,(H,17,19). The summed E-state index contributed by atoms with van der Waals surface area (Å²) >= 11 is 0. The molecule has 0 aromatic heterocycles. The van der Waals surface area contributed by atoms with Crippen molar-refractivity contribution in [2.75, 3.05) is 38.0 Å². The van der Waals surface area contributed by atoms with Gasteiger partial charge in [-0.2, -0.15) is 0 Å². The molecule has 0 atom stereocenters. The van der Waals surface area contributed by atoms with E-state index < -0.39 is 0 Å². The van der Waals surface area contributed by atoms with E-state index in [1.807, 2.05) is 30.3 Å². The van der Waals surface area contributed by atoms with Crippen LogP contribution < -0.4 is 10.6 Å². The minimum absolute atomic E-state index is 0.117. The summed E-state index contributed by atoms with van der Waals surface area (Å²) in [6.45, 7) is 5.57. The molecular weight excluding hydrogens is 238 g/mol. The van der Waals surface area contributed by atoms with Crippen molar-refractivity contribution in [1.82, 2.24) is 10.2 Å². The minimum Gasteiger partial charge on any atom is -0.326 e. The van der Waals surface area contributed by atoms with Gasteiger partial charge >= 0.3 is 0 Å². The summed E-state index contributed by atoms with van der Waals surface area (Å²) in [7, 11) is 0. The van der Waals surface area contributed by atoms with Crippen molar-refractivity contribution in [3.05, 3.63) is 30.3 Å². The molecule has 2 rings (SSSR count). The number of nitrogens with zero attached hydrogens (tertiary/aromatic N) is 1. The van der Waals surface area contributed by atoms with Crippen LogP contribution in [0, 0.1) is 0 Å². The second kappa shape index (κ2) is 7.92. The minimum atomic E-state index is 0.117.